The first-order chi connectivity index (χ1) is 11.2. The van der Waals surface area contributed by atoms with Gasteiger partial charge in [0.05, 0.1) is 18.6 Å². The maximum Gasteiger partial charge on any atom is 0.130 e. The van der Waals surface area contributed by atoms with E-state index in [2.05, 4.69) is 33.8 Å². The molecular weight excluding hydrogens is 308 g/mol. The lowest BCUT2D eigenvalue weighted by atomic mass is 9.98. The quantitative estimate of drug-likeness (QED) is 0.888. The Hall–Kier alpha value is -2.46. The number of anilines is 1. The summed E-state index contributed by atoms with van der Waals surface area (Å²) in [6.45, 7) is 0. The molecule has 1 aromatic carbocycles. The van der Waals surface area contributed by atoms with Crippen molar-refractivity contribution in [3.05, 3.63) is 76.9 Å². The van der Waals surface area contributed by atoms with Crippen LogP contribution >= 0.6 is 11.6 Å². The molecule has 2 heterocycles. The summed E-state index contributed by atoms with van der Waals surface area (Å²) in [6, 6.07) is 6.37. The van der Waals surface area contributed by atoms with Gasteiger partial charge in [0.1, 0.15) is 5.82 Å². The van der Waals surface area contributed by atoms with Gasteiger partial charge in [-0.3, -0.25) is 0 Å². The summed E-state index contributed by atoms with van der Waals surface area (Å²) in [5, 5.41) is 7.67. The summed E-state index contributed by atoms with van der Waals surface area (Å²) in [6.07, 6.45) is 12.9. The van der Waals surface area contributed by atoms with Gasteiger partial charge in [0.2, 0.25) is 0 Å². The van der Waals surface area contributed by atoms with E-state index in [1.165, 1.54) is 11.1 Å². The number of rotatable bonds is 2. The number of dihydropyridines is 1. The predicted molar refractivity (Wildman–Crippen MR) is 94.1 cm³/mol. The molecular formula is C18H17ClN4. The Balaban J connectivity index is 1.83. The lowest BCUT2D eigenvalue weighted by Gasteiger charge is -2.20. The summed E-state index contributed by atoms with van der Waals surface area (Å²) in [4.78, 5) is 4.17. The molecule has 2 aliphatic rings. The number of nitrogens with zero attached hydrogens (tertiary/aromatic N) is 2. The highest BCUT2D eigenvalue weighted by Gasteiger charge is 2.22. The summed E-state index contributed by atoms with van der Waals surface area (Å²) >= 11 is 6.25. The Bertz CT molecular complexity index is 844. The Morgan fingerprint density at radius 2 is 2.30 bits per heavy atom. The largest absolute Gasteiger partial charge is 0.384 e. The van der Waals surface area contributed by atoms with Crippen molar-refractivity contribution in [2.24, 2.45) is 7.05 Å². The SMILES string of the molecule is Cn1cncc1NC1=CC2=CC=CNC2Cc2ccc(Cl)cc21. The molecule has 1 unspecified atom stereocenters. The van der Waals surface area contributed by atoms with Crippen LogP contribution in [0.4, 0.5) is 5.82 Å². The fraction of sp³-hybridized carbons (Fsp3) is 0.167. The van der Waals surface area contributed by atoms with Gasteiger partial charge in [-0.2, -0.15) is 0 Å². The molecule has 2 N–H and O–H groups in total. The summed E-state index contributed by atoms with van der Waals surface area (Å²) in [5.74, 6) is 0.945. The van der Waals surface area contributed by atoms with Crippen molar-refractivity contribution in [2.45, 2.75) is 12.5 Å². The highest BCUT2D eigenvalue weighted by Crippen LogP contribution is 2.32. The van der Waals surface area contributed by atoms with Crippen molar-refractivity contribution in [3.63, 3.8) is 0 Å². The van der Waals surface area contributed by atoms with Gasteiger partial charge in [0.15, 0.2) is 0 Å². The average molecular weight is 325 g/mol. The number of nitrogens with one attached hydrogen (secondary N) is 2. The first-order valence-corrected chi connectivity index (χ1v) is 7.95. The van der Waals surface area contributed by atoms with Crippen LogP contribution in [0.1, 0.15) is 11.1 Å². The molecule has 0 saturated carbocycles. The number of fused-ring (bicyclic) bond motifs is 2. The fourth-order valence-electron chi connectivity index (χ4n) is 3.03. The first kappa shape index (κ1) is 14.2. The zero-order chi connectivity index (χ0) is 15.8. The second-order valence-corrected chi connectivity index (χ2v) is 6.26. The van der Waals surface area contributed by atoms with E-state index < -0.39 is 0 Å². The molecule has 0 amide bonds. The first-order valence-electron chi connectivity index (χ1n) is 7.57. The molecule has 2 aromatic rings. The number of benzene rings is 1. The fourth-order valence-corrected chi connectivity index (χ4v) is 3.20. The molecule has 1 aromatic heterocycles. The molecule has 0 spiro atoms. The molecule has 0 radical (unpaired) electrons. The van der Waals surface area contributed by atoms with Crippen molar-refractivity contribution >= 4 is 23.1 Å². The second kappa shape index (κ2) is 5.63. The molecule has 4 nitrogen and oxygen atoms in total. The number of aromatic nitrogens is 2. The van der Waals surface area contributed by atoms with E-state index in [0.29, 0.717) is 0 Å². The minimum absolute atomic E-state index is 0.283. The molecule has 0 fully saturated rings. The number of hydrogen-bond donors (Lipinski definition) is 2. The zero-order valence-corrected chi connectivity index (χ0v) is 13.5. The highest BCUT2D eigenvalue weighted by atomic mass is 35.5. The van der Waals surface area contributed by atoms with Crippen LogP contribution in [0.15, 0.2) is 60.7 Å². The highest BCUT2D eigenvalue weighted by molar-refractivity contribution is 6.30. The topological polar surface area (TPSA) is 41.9 Å². The second-order valence-electron chi connectivity index (χ2n) is 5.82. The molecule has 5 heteroatoms. The predicted octanol–water partition coefficient (Wildman–Crippen LogP) is 3.49. The maximum atomic E-state index is 6.25. The van der Waals surface area contributed by atoms with Crippen LogP contribution in [0.3, 0.4) is 0 Å². The standard InChI is InChI=1S/C18H17ClN4/c1-23-11-20-10-18(23)22-17-8-13-3-2-6-21-16(13)7-12-4-5-14(19)9-15(12)17/h2-6,8-11,16,21-22H,7H2,1H3. The van der Waals surface area contributed by atoms with E-state index in [1.54, 1.807) is 6.33 Å². The normalized spacial score (nSPS) is 19.0. The van der Waals surface area contributed by atoms with Crippen molar-refractivity contribution in [2.75, 3.05) is 5.32 Å². The maximum absolute atomic E-state index is 6.25. The van der Waals surface area contributed by atoms with Gasteiger partial charge in [-0.25, -0.2) is 4.98 Å². The van der Waals surface area contributed by atoms with Crippen LogP contribution in [-0.2, 0) is 13.5 Å². The van der Waals surface area contributed by atoms with Crippen molar-refractivity contribution in [1.29, 1.82) is 0 Å². The Labute approximate surface area is 140 Å². The number of imidazole rings is 1. The molecule has 4 rings (SSSR count). The van der Waals surface area contributed by atoms with Gasteiger partial charge in [0.25, 0.3) is 0 Å². The van der Waals surface area contributed by atoms with Gasteiger partial charge in [0, 0.05) is 23.3 Å². The van der Waals surface area contributed by atoms with Gasteiger partial charge < -0.3 is 15.2 Å². The molecule has 1 atom stereocenters. The van der Waals surface area contributed by atoms with E-state index in [1.807, 2.05) is 42.2 Å². The number of allylic oxidation sites excluding steroid dienone is 2. The summed E-state index contributed by atoms with van der Waals surface area (Å²) in [5.41, 5.74) is 4.70. The average Bonchev–Trinajstić information content (AvgIpc) is 2.88. The van der Waals surface area contributed by atoms with Crippen LogP contribution < -0.4 is 10.6 Å². The van der Waals surface area contributed by atoms with E-state index in [-0.39, 0.29) is 6.04 Å². The number of aryl methyl sites for hydroxylation is 1. The van der Waals surface area contributed by atoms with E-state index in [9.17, 15) is 0 Å². The van der Waals surface area contributed by atoms with E-state index in [0.717, 1.165) is 28.5 Å². The zero-order valence-electron chi connectivity index (χ0n) is 12.8. The van der Waals surface area contributed by atoms with Crippen molar-refractivity contribution < 1.29 is 0 Å². The van der Waals surface area contributed by atoms with E-state index in [4.69, 9.17) is 11.6 Å². The Kier molecular flexibility index (Phi) is 3.46. The van der Waals surface area contributed by atoms with Crippen LogP contribution in [0.25, 0.3) is 5.70 Å². The Morgan fingerprint density at radius 3 is 3.13 bits per heavy atom. The molecule has 1 aliphatic carbocycles. The molecule has 116 valence electrons. The van der Waals surface area contributed by atoms with Crippen LogP contribution in [0, 0.1) is 0 Å². The van der Waals surface area contributed by atoms with E-state index >= 15 is 0 Å². The summed E-state index contributed by atoms with van der Waals surface area (Å²) < 4.78 is 1.96. The van der Waals surface area contributed by atoms with Gasteiger partial charge in [-0.15, -0.1) is 0 Å². The lowest BCUT2D eigenvalue weighted by Crippen LogP contribution is -2.29. The molecule has 0 bridgehead atoms. The third kappa shape index (κ3) is 2.66. The molecule has 23 heavy (non-hydrogen) atoms. The van der Waals surface area contributed by atoms with Crippen LogP contribution in [0.2, 0.25) is 5.02 Å². The van der Waals surface area contributed by atoms with Gasteiger partial charge >= 0.3 is 0 Å². The molecule has 0 saturated heterocycles. The summed E-state index contributed by atoms with van der Waals surface area (Å²) in [7, 11) is 1.97. The van der Waals surface area contributed by atoms with Gasteiger partial charge in [-0.1, -0.05) is 23.7 Å². The smallest absolute Gasteiger partial charge is 0.130 e. The van der Waals surface area contributed by atoms with Crippen molar-refractivity contribution in [3.8, 4) is 0 Å². The Morgan fingerprint density at radius 1 is 1.39 bits per heavy atom. The van der Waals surface area contributed by atoms with Crippen molar-refractivity contribution in [1.82, 2.24) is 14.9 Å². The van der Waals surface area contributed by atoms with Crippen LogP contribution in [0.5, 0.6) is 0 Å². The monoisotopic (exact) mass is 324 g/mol. The minimum Gasteiger partial charge on any atom is -0.384 e. The van der Waals surface area contributed by atoms with Crippen LogP contribution in [-0.4, -0.2) is 15.6 Å². The third-order valence-electron chi connectivity index (χ3n) is 4.26. The van der Waals surface area contributed by atoms with Gasteiger partial charge in [-0.05, 0) is 48.0 Å². The third-order valence-corrected chi connectivity index (χ3v) is 4.50. The number of hydrogen-bond acceptors (Lipinski definition) is 3. The lowest BCUT2D eigenvalue weighted by molar-refractivity contribution is 0.668. The molecule has 1 aliphatic heterocycles. The number of halogens is 1. The minimum atomic E-state index is 0.283.